The van der Waals surface area contributed by atoms with E-state index in [1.54, 1.807) is 12.1 Å². The van der Waals surface area contributed by atoms with Gasteiger partial charge in [-0.05, 0) is 23.3 Å². The monoisotopic (exact) mass is 256 g/mol. The van der Waals surface area contributed by atoms with Crippen LogP contribution < -0.4 is 0 Å². The van der Waals surface area contributed by atoms with Gasteiger partial charge in [-0.15, -0.1) is 0 Å². The van der Waals surface area contributed by atoms with Crippen molar-refractivity contribution in [1.29, 1.82) is 0 Å². The van der Waals surface area contributed by atoms with Crippen LogP contribution in [0.5, 0.6) is 0 Å². The summed E-state index contributed by atoms with van der Waals surface area (Å²) in [7, 11) is 0. The first kappa shape index (κ1) is 12.2. The number of halogens is 1. The first-order valence-electron chi connectivity index (χ1n) is 5.27. The van der Waals surface area contributed by atoms with Gasteiger partial charge in [-0.1, -0.05) is 53.9 Å². The van der Waals surface area contributed by atoms with Gasteiger partial charge in [-0.2, -0.15) is 0 Å². The second kappa shape index (κ2) is 5.39. The van der Waals surface area contributed by atoms with Crippen LogP contribution in [0.1, 0.15) is 5.56 Å². The summed E-state index contributed by atoms with van der Waals surface area (Å²) in [6.45, 7) is 0. The molecule has 0 fully saturated rings. The Morgan fingerprint density at radius 1 is 1.11 bits per heavy atom. The van der Waals surface area contributed by atoms with E-state index in [1.165, 1.54) is 0 Å². The van der Waals surface area contributed by atoms with Crippen molar-refractivity contribution in [3.05, 3.63) is 59.1 Å². The average molecular weight is 257 g/mol. The van der Waals surface area contributed by atoms with Crippen molar-refractivity contribution in [3.8, 4) is 23.0 Å². The fourth-order valence-corrected chi connectivity index (χ4v) is 1.78. The highest BCUT2D eigenvalue weighted by Gasteiger charge is 2.04. The molecule has 2 aromatic carbocycles. The third-order valence-electron chi connectivity index (χ3n) is 2.37. The Morgan fingerprint density at radius 2 is 1.83 bits per heavy atom. The zero-order chi connectivity index (χ0) is 13.0. The van der Waals surface area contributed by atoms with Gasteiger partial charge in [0.05, 0.1) is 0 Å². The maximum absolute atomic E-state index is 10.5. The molecule has 1 N–H and O–H groups in total. The summed E-state index contributed by atoms with van der Waals surface area (Å²) in [5.74, 6) is 3.57. The van der Waals surface area contributed by atoms with E-state index in [0.717, 1.165) is 11.1 Å². The number of hydrogen-bond donors (Lipinski definition) is 1. The molecule has 0 radical (unpaired) electrons. The third-order valence-corrected chi connectivity index (χ3v) is 2.61. The topological polar surface area (TPSA) is 37.3 Å². The number of aliphatic carboxylic acids is 1. The highest BCUT2D eigenvalue weighted by Crippen LogP contribution is 2.25. The zero-order valence-electron chi connectivity index (χ0n) is 9.35. The van der Waals surface area contributed by atoms with Gasteiger partial charge in [0.15, 0.2) is 0 Å². The number of hydrogen-bond acceptors (Lipinski definition) is 1. The molecular formula is C15H9ClO2. The Balaban J connectivity index is 2.55. The summed E-state index contributed by atoms with van der Waals surface area (Å²) in [4.78, 5) is 10.5. The molecule has 0 unspecified atom stereocenters. The fraction of sp³-hybridized carbons (Fsp3) is 0. The van der Waals surface area contributed by atoms with Gasteiger partial charge in [0.2, 0.25) is 0 Å². The van der Waals surface area contributed by atoms with Crippen LogP contribution in [0.25, 0.3) is 11.1 Å². The van der Waals surface area contributed by atoms with Gasteiger partial charge in [0.25, 0.3) is 0 Å². The highest BCUT2D eigenvalue weighted by atomic mass is 35.5. The quantitative estimate of drug-likeness (QED) is 0.794. The van der Waals surface area contributed by atoms with Gasteiger partial charge in [0.1, 0.15) is 0 Å². The number of carbonyl (C=O) groups is 1. The lowest BCUT2D eigenvalue weighted by Crippen LogP contribution is -1.89. The van der Waals surface area contributed by atoms with E-state index >= 15 is 0 Å². The number of carboxylic acid groups (broad SMARTS) is 1. The molecule has 0 spiro atoms. The fourth-order valence-electron chi connectivity index (χ4n) is 1.61. The number of benzene rings is 2. The van der Waals surface area contributed by atoms with Gasteiger partial charge in [-0.25, -0.2) is 4.79 Å². The van der Waals surface area contributed by atoms with Crippen LogP contribution in [-0.2, 0) is 4.79 Å². The summed E-state index contributed by atoms with van der Waals surface area (Å²) < 4.78 is 0. The van der Waals surface area contributed by atoms with E-state index in [1.807, 2.05) is 36.4 Å². The molecular weight excluding hydrogens is 248 g/mol. The smallest absolute Gasteiger partial charge is 0.382 e. The van der Waals surface area contributed by atoms with Gasteiger partial charge < -0.3 is 5.11 Å². The minimum absolute atomic E-state index is 0.532. The summed E-state index contributed by atoms with van der Waals surface area (Å²) >= 11 is 5.90. The van der Waals surface area contributed by atoms with Gasteiger partial charge in [-0.3, -0.25) is 0 Å². The molecule has 18 heavy (non-hydrogen) atoms. The molecule has 0 amide bonds. The van der Waals surface area contributed by atoms with Crippen LogP contribution in [0.4, 0.5) is 0 Å². The Bertz CT molecular complexity index is 637. The minimum atomic E-state index is -1.16. The molecule has 0 aromatic heterocycles. The van der Waals surface area contributed by atoms with Crippen LogP contribution in [0.2, 0.25) is 5.02 Å². The summed E-state index contributed by atoms with van der Waals surface area (Å²) in [5.41, 5.74) is 2.45. The Kier molecular flexibility index (Phi) is 3.66. The predicted molar refractivity (Wildman–Crippen MR) is 71.4 cm³/mol. The molecule has 0 saturated heterocycles. The van der Waals surface area contributed by atoms with Crippen molar-refractivity contribution in [2.45, 2.75) is 0 Å². The molecule has 0 aliphatic carbocycles. The molecule has 88 valence electrons. The van der Waals surface area contributed by atoms with Crippen LogP contribution in [0.3, 0.4) is 0 Å². The predicted octanol–water partition coefficient (Wildman–Crippen LogP) is 3.44. The van der Waals surface area contributed by atoms with E-state index in [2.05, 4.69) is 11.8 Å². The SMILES string of the molecule is O=C(O)C#Cc1cc(Cl)ccc1-c1ccccc1. The molecule has 0 heterocycles. The van der Waals surface area contributed by atoms with Crippen molar-refractivity contribution >= 4 is 17.6 Å². The lowest BCUT2D eigenvalue weighted by molar-refractivity contribution is -0.130. The first-order valence-corrected chi connectivity index (χ1v) is 5.64. The van der Waals surface area contributed by atoms with Crippen LogP contribution in [-0.4, -0.2) is 11.1 Å². The molecule has 2 rings (SSSR count). The highest BCUT2D eigenvalue weighted by molar-refractivity contribution is 6.30. The maximum atomic E-state index is 10.5. The standard InChI is InChI=1S/C15H9ClO2/c16-13-7-8-14(11-4-2-1-3-5-11)12(10-13)6-9-15(17)18/h1-5,7-8,10H,(H,17,18). The Labute approximate surface area is 110 Å². The van der Waals surface area contributed by atoms with E-state index in [-0.39, 0.29) is 0 Å². The van der Waals surface area contributed by atoms with Crippen LogP contribution >= 0.6 is 11.6 Å². The second-order valence-corrected chi connectivity index (χ2v) is 4.05. The van der Waals surface area contributed by atoms with E-state index in [4.69, 9.17) is 16.7 Å². The largest absolute Gasteiger partial charge is 0.472 e. The molecule has 0 saturated carbocycles. The van der Waals surface area contributed by atoms with Crippen molar-refractivity contribution in [3.63, 3.8) is 0 Å². The summed E-state index contributed by atoms with van der Waals surface area (Å²) in [6.07, 6.45) is 0. The van der Waals surface area contributed by atoms with Crippen molar-refractivity contribution in [1.82, 2.24) is 0 Å². The molecule has 0 atom stereocenters. The maximum Gasteiger partial charge on any atom is 0.382 e. The molecule has 3 heteroatoms. The van der Waals surface area contributed by atoms with Crippen LogP contribution in [0, 0.1) is 11.8 Å². The average Bonchev–Trinajstić information content (AvgIpc) is 2.37. The van der Waals surface area contributed by atoms with Crippen molar-refractivity contribution in [2.24, 2.45) is 0 Å². The number of carboxylic acids is 1. The second-order valence-electron chi connectivity index (χ2n) is 3.61. The molecule has 0 bridgehead atoms. The molecule has 0 aliphatic rings. The lowest BCUT2D eigenvalue weighted by Gasteiger charge is -2.05. The Morgan fingerprint density at radius 3 is 2.50 bits per heavy atom. The van der Waals surface area contributed by atoms with Crippen LogP contribution in [0.15, 0.2) is 48.5 Å². The summed E-state index contributed by atoms with van der Waals surface area (Å²) in [6, 6.07) is 14.9. The lowest BCUT2D eigenvalue weighted by atomic mass is 10.00. The normalized spacial score (nSPS) is 9.39. The first-order chi connectivity index (χ1) is 8.66. The van der Waals surface area contributed by atoms with Gasteiger partial charge in [0, 0.05) is 16.5 Å². The van der Waals surface area contributed by atoms with E-state index in [9.17, 15) is 4.79 Å². The number of rotatable bonds is 1. The zero-order valence-corrected chi connectivity index (χ0v) is 10.1. The van der Waals surface area contributed by atoms with Crippen molar-refractivity contribution < 1.29 is 9.90 Å². The Hall–Kier alpha value is -2.24. The molecule has 2 nitrogen and oxygen atoms in total. The van der Waals surface area contributed by atoms with Gasteiger partial charge >= 0.3 is 5.97 Å². The van der Waals surface area contributed by atoms with E-state index in [0.29, 0.717) is 10.6 Å². The van der Waals surface area contributed by atoms with E-state index < -0.39 is 5.97 Å². The third kappa shape index (κ3) is 2.91. The molecule has 2 aromatic rings. The molecule has 0 aliphatic heterocycles. The summed E-state index contributed by atoms with van der Waals surface area (Å²) in [5, 5.41) is 9.13. The van der Waals surface area contributed by atoms with Crippen molar-refractivity contribution in [2.75, 3.05) is 0 Å². The minimum Gasteiger partial charge on any atom is -0.472 e.